The Kier molecular flexibility index (Phi) is 5.71. The monoisotopic (exact) mass is 205 g/mol. The van der Waals surface area contributed by atoms with E-state index < -0.39 is 0 Å². The highest BCUT2D eigenvalue weighted by atomic mass is 16.1. The van der Waals surface area contributed by atoms with Crippen LogP contribution in [0.5, 0.6) is 0 Å². The molecule has 0 atom stereocenters. The number of carbonyl (C=O) groups excluding carboxylic acids is 1. The highest BCUT2D eigenvalue weighted by Crippen LogP contribution is 2.03. The molecule has 0 heterocycles. The van der Waals surface area contributed by atoms with Crippen LogP contribution >= 0.6 is 0 Å². The van der Waals surface area contributed by atoms with E-state index in [1.54, 1.807) is 0 Å². The van der Waals surface area contributed by atoms with E-state index in [1.165, 1.54) is 5.56 Å². The number of ketones is 1. The van der Waals surface area contributed by atoms with Crippen LogP contribution in [0.1, 0.15) is 25.3 Å². The summed E-state index contributed by atoms with van der Waals surface area (Å²) in [5.74, 6) is 0.347. The molecule has 0 aromatic heterocycles. The normalized spacial score (nSPS) is 10.2. The summed E-state index contributed by atoms with van der Waals surface area (Å²) in [6.07, 6.45) is 2.18. The number of benzene rings is 1. The number of carbonyl (C=O) groups is 1. The fourth-order valence-electron chi connectivity index (χ4n) is 1.46. The summed E-state index contributed by atoms with van der Waals surface area (Å²) in [7, 11) is 0. The Labute approximate surface area is 91.7 Å². The van der Waals surface area contributed by atoms with Crippen molar-refractivity contribution < 1.29 is 4.79 Å². The van der Waals surface area contributed by atoms with Gasteiger partial charge in [-0.2, -0.15) is 0 Å². The minimum atomic E-state index is 0.347. The van der Waals surface area contributed by atoms with Crippen LogP contribution in [0.25, 0.3) is 0 Å². The average Bonchev–Trinajstić information content (AvgIpc) is 2.28. The molecule has 0 radical (unpaired) electrons. The van der Waals surface area contributed by atoms with Crippen LogP contribution < -0.4 is 5.32 Å². The van der Waals surface area contributed by atoms with Gasteiger partial charge >= 0.3 is 0 Å². The summed E-state index contributed by atoms with van der Waals surface area (Å²) in [5, 5.41) is 3.16. The van der Waals surface area contributed by atoms with Gasteiger partial charge in [0.05, 0.1) is 0 Å². The molecule has 2 nitrogen and oxygen atoms in total. The van der Waals surface area contributed by atoms with E-state index in [0.29, 0.717) is 18.6 Å². The van der Waals surface area contributed by atoms with Crippen LogP contribution in [-0.4, -0.2) is 18.9 Å². The summed E-state index contributed by atoms with van der Waals surface area (Å²) in [5.41, 5.74) is 1.24. The minimum Gasteiger partial charge on any atom is -0.317 e. The van der Waals surface area contributed by atoms with E-state index in [4.69, 9.17) is 0 Å². The van der Waals surface area contributed by atoms with Gasteiger partial charge in [0.1, 0.15) is 5.78 Å². The van der Waals surface area contributed by atoms with E-state index in [2.05, 4.69) is 24.4 Å². The number of Topliss-reactive ketones (excluding diaryl/α,β-unsaturated/α-hetero) is 1. The molecule has 2 heteroatoms. The van der Waals surface area contributed by atoms with Gasteiger partial charge in [-0.3, -0.25) is 4.79 Å². The lowest BCUT2D eigenvalue weighted by atomic mass is 10.1. The molecule has 0 saturated heterocycles. The number of nitrogens with one attached hydrogen (secondary N) is 1. The molecule has 0 saturated carbocycles. The van der Waals surface area contributed by atoms with Crippen molar-refractivity contribution >= 4 is 5.78 Å². The van der Waals surface area contributed by atoms with Crippen LogP contribution in [-0.2, 0) is 11.2 Å². The molecule has 0 aliphatic heterocycles. The largest absolute Gasteiger partial charge is 0.317 e. The van der Waals surface area contributed by atoms with Crippen molar-refractivity contribution in [3.63, 3.8) is 0 Å². The Morgan fingerprint density at radius 3 is 2.60 bits per heavy atom. The second-order valence-corrected chi connectivity index (χ2v) is 3.63. The van der Waals surface area contributed by atoms with E-state index in [-0.39, 0.29) is 0 Å². The Morgan fingerprint density at radius 2 is 1.93 bits per heavy atom. The van der Waals surface area contributed by atoms with Crippen molar-refractivity contribution in [2.24, 2.45) is 0 Å². The summed E-state index contributed by atoms with van der Waals surface area (Å²) in [4.78, 5) is 11.5. The summed E-state index contributed by atoms with van der Waals surface area (Å²) in [6.45, 7) is 3.80. The molecule has 0 aliphatic rings. The van der Waals surface area contributed by atoms with Gasteiger partial charge in [0.2, 0.25) is 0 Å². The second-order valence-electron chi connectivity index (χ2n) is 3.63. The first-order valence-corrected chi connectivity index (χ1v) is 5.59. The molecule has 1 aromatic rings. The lowest BCUT2D eigenvalue weighted by molar-refractivity contribution is -0.118. The van der Waals surface area contributed by atoms with Gasteiger partial charge in [0.15, 0.2) is 0 Å². The van der Waals surface area contributed by atoms with Crippen molar-refractivity contribution in [3.8, 4) is 0 Å². The van der Waals surface area contributed by atoms with Gasteiger partial charge in [0.25, 0.3) is 0 Å². The Morgan fingerprint density at radius 1 is 1.20 bits per heavy atom. The SMILES string of the molecule is CCNCCC(=O)CCc1ccccc1. The number of aryl methyl sites for hydroxylation is 1. The van der Waals surface area contributed by atoms with Crippen LogP contribution in [0, 0.1) is 0 Å². The highest BCUT2D eigenvalue weighted by Gasteiger charge is 2.01. The predicted octanol–water partition coefficient (Wildman–Crippen LogP) is 2.19. The molecular formula is C13H19NO. The smallest absolute Gasteiger partial charge is 0.134 e. The van der Waals surface area contributed by atoms with E-state index >= 15 is 0 Å². The topological polar surface area (TPSA) is 29.1 Å². The summed E-state index contributed by atoms with van der Waals surface area (Å²) >= 11 is 0. The molecule has 0 fully saturated rings. The standard InChI is InChI=1S/C13H19NO/c1-2-14-11-10-13(15)9-8-12-6-4-3-5-7-12/h3-7,14H,2,8-11H2,1H3. The van der Waals surface area contributed by atoms with Gasteiger partial charge in [0, 0.05) is 19.4 Å². The first-order valence-electron chi connectivity index (χ1n) is 5.59. The van der Waals surface area contributed by atoms with Crippen molar-refractivity contribution in [1.29, 1.82) is 0 Å². The zero-order valence-electron chi connectivity index (χ0n) is 9.33. The first-order chi connectivity index (χ1) is 7.33. The molecule has 0 unspecified atom stereocenters. The van der Waals surface area contributed by atoms with Crippen molar-refractivity contribution in [2.45, 2.75) is 26.2 Å². The van der Waals surface area contributed by atoms with Crippen molar-refractivity contribution in [3.05, 3.63) is 35.9 Å². The van der Waals surface area contributed by atoms with E-state index in [0.717, 1.165) is 19.5 Å². The summed E-state index contributed by atoms with van der Waals surface area (Å²) < 4.78 is 0. The predicted molar refractivity (Wildman–Crippen MR) is 62.9 cm³/mol. The van der Waals surface area contributed by atoms with Crippen LogP contribution in [0.4, 0.5) is 0 Å². The highest BCUT2D eigenvalue weighted by molar-refractivity contribution is 5.78. The minimum absolute atomic E-state index is 0.347. The molecule has 0 spiro atoms. The number of hydrogen-bond acceptors (Lipinski definition) is 2. The third-order valence-electron chi connectivity index (χ3n) is 2.37. The molecule has 0 amide bonds. The lowest BCUT2D eigenvalue weighted by Crippen LogP contribution is -2.17. The van der Waals surface area contributed by atoms with Crippen molar-refractivity contribution in [2.75, 3.05) is 13.1 Å². The van der Waals surface area contributed by atoms with Crippen molar-refractivity contribution in [1.82, 2.24) is 5.32 Å². The van der Waals surface area contributed by atoms with Gasteiger partial charge < -0.3 is 5.32 Å². The van der Waals surface area contributed by atoms with Crippen LogP contribution in [0.15, 0.2) is 30.3 Å². The fraction of sp³-hybridized carbons (Fsp3) is 0.462. The summed E-state index contributed by atoms with van der Waals surface area (Å²) in [6, 6.07) is 10.2. The molecule has 1 aromatic carbocycles. The Bertz CT molecular complexity index is 282. The quantitative estimate of drug-likeness (QED) is 0.691. The maximum atomic E-state index is 11.5. The average molecular weight is 205 g/mol. The number of hydrogen-bond donors (Lipinski definition) is 1. The number of rotatable bonds is 7. The molecule has 0 bridgehead atoms. The molecule has 1 N–H and O–H groups in total. The zero-order chi connectivity index (χ0) is 10.9. The molecule has 1 rings (SSSR count). The molecule has 15 heavy (non-hydrogen) atoms. The molecular weight excluding hydrogens is 186 g/mol. The second kappa shape index (κ2) is 7.18. The van der Waals surface area contributed by atoms with Gasteiger partial charge in [-0.1, -0.05) is 37.3 Å². The van der Waals surface area contributed by atoms with E-state index in [9.17, 15) is 4.79 Å². The molecule has 0 aliphatic carbocycles. The molecule has 82 valence electrons. The fourth-order valence-corrected chi connectivity index (χ4v) is 1.46. The third kappa shape index (κ3) is 5.33. The van der Waals surface area contributed by atoms with Gasteiger partial charge in [-0.15, -0.1) is 0 Å². The van der Waals surface area contributed by atoms with Gasteiger partial charge in [-0.25, -0.2) is 0 Å². The Hall–Kier alpha value is -1.15. The van der Waals surface area contributed by atoms with Gasteiger partial charge in [-0.05, 0) is 18.5 Å². The maximum absolute atomic E-state index is 11.5. The maximum Gasteiger partial charge on any atom is 0.134 e. The Balaban J connectivity index is 2.17. The van der Waals surface area contributed by atoms with E-state index in [1.807, 2.05) is 18.2 Å². The van der Waals surface area contributed by atoms with Crippen LogP contribution in [0.3, 0.4) is 0 Å². The zero-order valence-corrected chi connectivity index (χ0v) is 9.33. The lowest BCUT2D eigenvalue weighted by Gasteiger charge is -2.02. The van der Waals surface area contributed by atoms with Crippen LogP contribution in [0.2, 0.25) is 0 Å². The first kappa shape index (κ1) is 11.9. The third-order valence-corrected chi connectivity index (χ3v) is 2.37.